The van der Waals surface area contributed by atoms with E-state index in [4.69, 9.17) is 33.2 Å². The van der Waals surface area contributed by atoms with Crippen molar-refractivity contribution in [3.05, 3.63) is 34.1 Å². The van der Waals surface area contributed by atoms with Gasteiger partial charge in [0.25, 0.3) is 0 Å². The Morgan fingerprint density at radius 2 is 0.928 bits per heavy atom. The summed E-state index contributed by atoms with van der Waals surface area (Å²) in [5.74, 6) is 5.46. The molecule has 13 heteroatoms. The van der Waals surface area contributed by atoms with E-state index in [2.05, 4.69) is 124 Å². The van der Waals surface area contributed by atoms with Crippen LogP contribution in [0.1, 0.15) is 319 Å². The quantitative estimate of drug-likeness (QED) is 0.148. The Morgan fingerprint density at radius 3 is 1.48 bits per heavy atom. The molecule has 0 spiro atoms. The van der Waals surface area contributed by atoms with Gasteiger partial charge in [-0.3, -0.25) is 24.0 Å². The minimum atomic E-state index is -0.0923. The van der Waals surface area contributed by atoms with Gasteiger partial charge in [0.1, 0.15) is 36.3 Å². The van der Waals surface area contributed by atoms with Crippen molar-refractivity contribution in [2.24, 2.45) is 97.1 Å². The minimum Gasteiger partial charge on any atom is -0.462 e. The summed E-state index contributed by atoms with van der Waals surface area (Å²) in [6, 6.07) is 0. The fourth-order valence-corrected chi connectivity index (χ4v) is 19.1. The van der Waals surface area contributed by atoms with Crippen LogP contribution in [0, 0.1) is 97.1 Å². The van der Waals surface area contributed by atoms with Crippen LogP contribution in [-0.2, 0) is 61.9 Å². The lowest BCUT2D eigenvalue weighted by Crippen LogP contribution is -2.44. The van der Waals surface area contributed by atoms with Crippen molar-refractivity contribution in [2.75, 3.05) is 6.61 Å². The normalized spacial score (nSPS) is 41.4. The topological polar surface area (TPSA) is 167 Å². The summed E-state index contributed by atoms with van der Waals surface area (Å²) in [7, 11) is 0. The van der Waals surface area contributed by atoms with Crippen molar-refractivity contribution in [1.82, 2.24) is 0 Å². The number of carbonyl (C=O) groups is 6. The Morgan fingerprint density at radius 1 is 0.433 bits per heavy atom. The van der Waals surface area contributed by atoms with Crippen LogP contribution in [0.4, 0.5) is 0 Å². The Hall–Kier alpha value is -4.00. The predicted octanol–water partition coefficient (Wildman–Crippen LogP) is 20.1. The summed E-state index contributed by atoms with van der Waals surface area (Å²) >= 11 is 0. The van der Waals surface area contributed by atoms with Gasteiger partial charge in [-0.1, -0.05) is 156 Å². The molecule has 11 fully saturated rings. The largest absolute Gasteiger partial charge is 0.462 e. The first-order chi connectivity index (χ1) is 45.3. The van der Waals surface area contributed by atoms with Gasteiger partial charge in [-0.2, -0.15) is 0 Å². The fraction of sp³-hybridized carbons (Fsp3) is 0.857. The highest BCUT2D eigenvalue weighted by molar-refractivity contribution is 5.91. The van der Waals surface area contributed by atoms with E-state index in [1.807, 2.05) is 27.7 Å². The second-order valence-corrected chi connectivity index (χ2v) is 37.3. The highest BCUT2D eigenvalue weighted by Crippen LogP contribution is 2.53. The SMILES string of the molecule is CC1=C2CCC(C)(C)CC2OC(=O)C1.CC1CC(=O)OC2CC(C)(C)CCC12.CC1CCOC2CC(C)(C)CCC12.CCC1(C)C=C2OC(=O)C(C)C2CC1.CCC1(C)CCC2=C(C)C(=O)OC2C1.CCC1(C)CCC2C(C1)OC(=O)C2C.CCC1(C)CC[C@@H]2C(C1)OC(=O)C2C. The molecule has 0 radical (unpaired) electrons. The lowest BCUT2D eigenvalue weighted by Gasteiger charge is -2.45. The van der Waals surface area contributed by atoms with Gasteiger partial charge >= 0.3 is 35.8 Å². The summed E-state index contributed by atoms with van der Waals surface area (Å²) in [6.07, 6.45) is 34.1. The van der Waals surface area contributed by atoms with E-state index >= 15 is 0 Å². The fourth-order valence-electron chi connectivity index (χ4n) is 19.1. The number of ether oxygens (including phenoxy) is 7. The second kappa shape index (κ2) is 31.7. The van der Waals surface area contributed by atoms with Crippen molar-refractivity contribution in [3.63, 3.8) is 0 Å². The van der Waals surface area contributed by atoms with Crippen molar-refractivity contribution < 1.29 is 61.9 Å². The average Bonchev–Trinajstić information content (AvgIpc) is 1.67. The molecule has 7 aliphatic heterocycles. The summed E-state index contributed by atoms with van der Waals surface area (Å²) in [5, 5.41) is 0. The molecule has 19 unspecified atom stereocenters. The first-order valence-electron chi connectivity index (χ1n) is 39.2. The van der Waals surface area contributed by atoms with Crippen LogP contribution >= 0.6 is 0 Å². The van der Waals surface area contributed by atoms with Gasteiger partial charge in [-0.25, -0.2) is 4.79 Å². The van der Waals surface area contributed by atoms with Crippen LogP contribution in [0.25, 0.3) is 0 Å². The third kappa shape index (κ3) is 19.6. The van der Waals surface area contributed by atoms with Gasteiger partial charge in [-0.05, 0) is 234 Å². The molecule has 14 aliphatic rings. The summed E-state index contributed by atoms with van der Waals surface area (Å²) in [5.41, 5.74) is 7.43. The molecule has 14 rings (SSSR count). The molecule has 0 bridgehead atoms. The van der Waals surface area contributed by atoms with E-state index in [1.165, 1.54) is 119 Å². The van der Waals surface area contributed by atoms with E-state index in [9.17, 15) is 28.8 Å². The zero-order valence-corrected chi connectivity index (χ0v) is 64.9. The standard InChI is InChI=1S/C12H20O2.C12H18O2.2C12H20O2.2C12H18O2.C12H22O/c2*1-8-6-11(13)14-10-7-12(2,3)5-4-9(8)10;4*1-4-12(3)6-5-9-8(2)11(13)14-10(9)7-12;1-9-5-7-13-11-8-12(2,3)6-4-10(9)11/h8-10H,4-7H2,1-3H3;10H,4-7H2,1-3H3;2*8-10H,4-7H2,1-3H3;10H,4-7H2,1-3H3;7-9H,4-6H2,1-3H3;9-11H,4-8H2,1-3H3/t;;8?,9-,10?,12?;;;;/m..0..../s1. The maximum Gasteiger partial charge on any atom is 0.334 e. The van der Waals surface area contributed by atoms with Crippen LogP contribution in [0.3, 0.4) is 0 Å². The van der Waals surface area contributed by atoms with Crippen molar-refractivity contribution in [1.29, 1.82) is 0 Å². The number of esters is 6. The van der Waals surface area contributed by atoms with Crippen molar-refractivity contribution in [3.8, 4) is 0 Å². The maximum absolute atomic E-state index is 11.4. The third-order valence-corrected chi connectivity index (χ3v) is 28.0. The van der Waals surface area contributed by atoms with Gasteiger partial charge in [0.2, 0.25) is 0 Å². The number of fused-ring (bicyclic) bond motifs is 7. The molecule has 13 nitrogen and oxygen atoms in total. The summed E-state index contributed by atoms with van der Waals surface area (Å²) < 4.78 is 38.3. The molecule has 0 aromatic rings. The number of allylic oxidation sites excluding steroid dienone is 2. The van der Waals surface area contributed by atoms with E-state index in [1.54, 1.807) is 0 Å². The maximum atomic E-state index is 11.4. The summed E-state index contributed by atoms with van der Waals surface area (Å²) in [4.78, 5) is 68.2. The first-order valence-corrected chi connectivity index (χ1v) is 39.2. The molecule has 0 aromatic carbocycles. The molecule has 6 saturated carbocycles. The Balaban J connectivity index is 0.000000145. The van der Waals surface area contributed by atoms with Crippen molar-refractivity contribution in [2.45, 2.75) is 355 Å². The third-order valence-electron chi connectivity index (χ3n) is 28.0. The summed E-state index contributed by atoms with van der Waals surface area (Å²) in [6.45, 7) is 47.4. The van der Waals surface area contributed by atoms with Gasteiger partial charge in [-0.15, -0.1) is 0 Å². The zero-order valence-electron chi connectivity index (χ0n) is 64.9. The minimum absolute atomic E-state index is 0.0106. The predicted molar refractivity (Wildman–Crippen MR) is 383 cm³/mol. The molecule has 7 aliphatic carbocycles. The molecule has 5 saturated heterocycles. The Kier molecular flexibility index (Phi) is 25.7. The molecule has 0 N–H and O–H groups in total. The molecular weight excluding hydrogens is 1220 g/mol. The molecule has 97 heavy (non-hydrogen) atoms. The zero-order chi connectivity index (χ0) is 71.5. The molecule has 0 amide bonds. The van der Waals surface area contributed by atoms with Crippen LogP contribution in [0.15, 0.2) is 34.1 Å². The van der Waals surface area contributed by atoms with Crippen LogP contribution in [0.5, 0.6) is 0 Å². The number of hydrogen-bond donors (Lipinski definition) is 0. The van der Waals surface area contributed by atoms with Gasteiger partial charge < -0.3 is 33.2 Å². The van der Waals surface area contributed by atoms with Crippen LogP contribution < -0.4 is 0 Å². The van der Waals surface area contributed by atoms with E-state index < -0.39 is 0 Å². The van der Waals surface area contributed by atoms with Crippen LogP contribution in [0.2, 0.25) is 0 Å². The van der Waals surface area contributed by atoms with Crippen LogP contribution in [-0.4, -0.2) is 79.0 Å². The molecule has 550 valence electrons. The van der Waals surface area contributed by atoms with Gasteiger partial charge in [0.15, 0.2) is 0 Å². The monoisotopic (exact) mass is 1350 g/mol. The number of hydrogen-bond acceptors (Lipinski definition) is 13. The van der Waals surface area contributed by atoms with Crippen molar-refractivity contribution >= 4 is 35.8 Å². The Bertz CT molecular complexity index is 2840. The highest BCUT2D eigenvalue weighted by atomic mass is 16.6. The molecular formula is C84H136O13. The number of carbonyl (C=O) groups excluding carboxylic acids is 6. The first kappa shape index (κ1) is 78.7. The highest BCUT2D eigenvalue weighted by Gasteiger charge is 2.51. The molecule has 0 aromatic heterocycles. The Labute approximate surface area is 588 Å². The van der Waals surface area contributed by atoms with Gasteiger partial charge in [0.05, 0.1) is 30.3 Å². The average molecular weight is 1350 g/mol. The second-order valence-electron chi connectivity index (χ2n) is 37.3. The van der Waals surface area contributed by atoms with E-state index in [-0.39, 0.29) is 89.5 Å². The van der Waals surface area contributed by atoms with E-state index in [0.717, 1.165) is 87.6 Å². The smallest absolute Gasteiger partial charge is 0.334 e. The van der Waals surface area contributed by atoms with E-state index in [0.29, 0.717) is 81.0 Å². The lowest BCUT2D eigenvalue weighted by atomic mass is 9.66. The lowest BCUT2D eigenvalue weighted by molar-refractivity contribution is -0.169. The number of rotatable bonds is 4. The molecule has 20 atom stereocenters. The van der Waals surface area contributed by atoms with Gasteiger partial charge in [0, 0.05) is 36.4 Å². The molecule has 7 heterocycles.